The molecule has 1 saturated heterocycles. The Hall–Kier alpha value is -3.48. The van der Waals surface area contributed by atoms with Gasteiger partial charge in [-0.15, -0.1) is 0 Å². The molecule has 0 unspecified atom stereocenters. The van der Waals surface area contributed by atoms with Crippen molar-refractivity contribution in [2.75, 3.05) is 17.2 Å². The van der Waals surface area contributed by atoms with E-state index in [1.165, 1.54) is 12.1 Å². The Labute approximate surface area is 166 Å². The molecule has 0 amide bonds. The van der Waals surface area contributed by atoms with Crippen molar-refractivity contribution in [1.82, 2.24) is 14.5 Å². The van der Waals surface area contributed by atoms with Crippen LogP contribution in [0.5, 0.6) is 0 Å². The molecule has 146 valence electrons. The number of hydrogen-bond donors (Lipinski definition) is 1. The summed E-state index contributed by atoms with van der Waals surface area (Å²) in [5.41, 5.74) is 9.22. The lowest BCUT2D eigenvalue weighted by atomic mass is 10.0. The van der Waals surface area contributed by atoms with Gasteiger partial charge in [0, 0.05) is 23.5 Å². The minimum Gasteiger partial charge on any atom is -0.399 e. The first-order valence-corrected chi connectivity index (χ1v) is 9.52. The van der Waals surface area contributed by atoms with Gasteiger partial charge >= 0.3 is 0 Å². The van der Waals surface area contributed by atoms with Crippen LogP contribution < -0.4 is 10.6 Å². The summed E-state index contributed by atoms with van der Waals surface area (Å²) in [6, 6.07) is 14.6. The number of hydrogen-bond acceptors (Lipinski definition) is 4. The average molecular weight is 391 g/mol. The lowest BCUT2D eigenvalue weighted by molar-refractivity contribution is 0.560. The van der Waals surface area contributed by atoms with Gasteiger partial charge in [0.15, 0.2) is 5.65 Å². The zero-order valence-corrected chi connectivity index (χ0v) is 15.6. The van der Waals surface area contributed by atoms with Crippen molar-refractivity contribution in [1.29, 1.82) is 0 Å². The van der Waals surface area contributed by atoms with E-state index in [2.05, 4.69) is 4.98 Å². The molecule has 0 aliphatic carbocycles. The molecule has 0 saturated carbocycles. The third-order valence-corrected chi connectivity index (χ3v) is 5.42. The Kier molecular flexibility index (Phi) is 4.16. The van der Waals surface area contributed by atoms with Crippen LogP contribution in [0.4, 0.5) is 20.3 Å². The highest BCUT2D eigenvalue weighted by Crippen LogP contribution is 2.37. The standard InChI is InChI=1S/C22H19F2N5/c23-14-3-8-18(24)17(12-14)20-2-1-11-28(20)21-10-9-19-22(27-21)29(13-26-19)16-6-4-15(25)5-7-16/h3-10,12-13,20H,1-2,11,25H2/t20-/m1/s1. The van der Waals surface area contributed by atoms with E-state index in [1.807, 2.05) is 45.9 Å². The number of imidazole rings is 1. The maximum atomic E-state index is 14.4. The summed E-state index contributed by atoms with van der Waals surface area (Å²) >= 11 is 0. The van der Waals surface area contributed by atoms with Crippen molar-refractivity contribution in [3.05, 3.63) is 78.1 Å². The Bertz CT molecular complexity index is 1190. The summed E-state index contributed by atoms with van der Waals surface area (Å²) in [4.78, 5) is 11.3. The van der Waals surface area contributed by atoms with E-state index in [0.717, 1.165) is 42.5 Å². The van der Waals surface area contributed by atoms with Crippen LogP contribution in [-0.4, -0.2) is 21.1 Å². The third-order valence-electron chi connectivity index (χ3n) is 5.42. The Morgan fingerprint density at radius 1 is 1.00 bits per heavy atom. The number of nitrogens with zero attached hydrogens (tertiary/aromatic N) is 4. The number of pyridine rings is 1. The molecular formula is C22H19F2N5. The van der Waals surface area contributed by atoms with Crippen molar-refractivity contribution >= 4 is 22.7 Å². The van der Waals surface area contributed by atoms with Gasteiger partial charge in [-0.05, 0) is 67.4 Å². The highest BCUT2D eigenvalue weighted by atomic mass is 19.1. The van der Waals surface area contributed by atoms with Gasteiger partial charge in [0.1, 0.15) is 29.3 Å². The third kappa shape index (κ3) is 3.08. The average Bonchev–Trinajstić information content (AvgIpc) is 3.37. The molecule has 2 aromatic heterocycles. The number of aromatic nitrogens is 3. The summed E-state index contributed by atoms with van der Waals surface area (Å²) in [6.07, 6.45) is 3.36. The fourth-order valence-corrected chi connectivity index (χ4v) is 4.00. The van der Waals surface area contributed by atoms with E-state index in [-0.39, 0.29) is 6.04 Å². The Balaban J connectivity index is 1.57. The lowest BCUT2D eigenvalue weighted by Gasteiger charge is -2.26. The predicted octanol–water partition coefficient (Wildman–Crippen LogP) is 4.62. The van der Waals surface area contributed by atoms with Gasteiger partial charge in [-0.2, -0.15) is 0 Å². The SMILES string of the molecule is Nc1ccc(-n2cnc3ccc(N4CCC[C@@H]4c4cc(F)ccc4F)nc32)cc1. The second-order valence-electron chi connectivity index (χ2n) is 7.24. The first-order chi connectivity index (χ1) is 14.1. The maximum absolute atomic E-state index is 14.4. The van der Waals surface area contributed by atoms with Crippen molar-refractivity contribution < 1.29 is 8.78 Å². The Morgan fingerprint density at radius 3 is 2.66 bits per heavy atom. The summed E-state index contributed by atoms with van der Waals surface area (Å²) in [6.45, 7) is 0.731. The van der Waals surface area contributed by atoms with Crippen LogP contribution >= 0.6 is 0 Å². The molecular weight excluding hydrogens is 372 g/mol. The van der Waals surface area contributed by atoms with E-state index < -0.39 is 11.6 Å². The molecule has 2 N–H and O–H groups in total. The van der Waals surface area contributed by atoms with Crippen LogP contribution in [0.1, 0.15) is 24.4 Å². The van der Waals surface area contributed by atoms with Crippen molar-refractivity contribution in [3.8, 4) is 5.69 Å². The molecule has 5 rings (SSSR count). The number of fused-ring (bicyclic) bond motifs is 1. The quantitative estimate of drug-likeness (QED) is 0.518. The Morgan fingerprint density at radius 2 is 1.83 bits per heavy atom. The van der Waals surface area contributed by atoms with Crippen LogP contribution in [0.3, 0.4) is 0 Å². The molecule has 3 heterocycles. The smallest absolute Gasteiger partial charge is 0.166 e. The maximum Gasteiger partial charge on any atom is 0.166 e. The highest BCUT2D eigenvalue weighted by molar-refractivity contribution is 5.75. The van der Waals surface area contributed by atoms with E-state index in [4.69, 9.17) is 10.7 Å². The van der Waals surface area contributed by atoms with E-state index in [0.29, 0.717) is 16.9 Å². The molecule has 0 spiro atoms. The molecule has 2 aromatic carbocycles. The molecule has 4 aromatic rings. The van der Waals surface area contributed by atoms with Gasteiger partial charge in [-0.3, -0.25) is 4.57 Å². The number of nitrogen functional groups attached to an aromatic ring is 1. The topological polar surface area (TPSA) is 60.0 Å². The summed E-state index contributed by atoms with van der Waals surface area (Å²) < 4.78 is 30.0. The van der Waals surface area contributed by atoms with Gasteiger partial charge in [-0.25, -0.2) is 18.7 Å². The van der Waals surface area contributed by atoms with Gasteiger partial charge in [0.25, 0.3) is 0 Å². The van der Waals surface area contributed by atoms with Crippen LogP contribution in [0.25, 0.3) is 16.9 Å². The van der Waals surface area contributed by atoms with Crippen molar-refractivity contribution in [3.63, 3.8) is 0 Å². The first kappa shape index (κ1) is 17.6. The zero-order valence-electron chi connectivity index (χ0n) is 15.6. The summed E-state index contributed by atoms with van der Waals surface area (Å²) in [5.74, 6) is -0.102. The zero-order chi connectivity index (χ0) is 20.0. The molecule has 0 radical (unpaired) electrons. The number of rotatable bonds is 3. The molecule has 0 bridgehead atoms. The number of anilines is 2. The minimum absolute atomic E-state index is 0.247. The fraction of sp³-hybridized carbons (Fsp3) is 0.182. The number of nitrogens with two attached hydrogens (primary N) is 1. The van der Waals surface area contributed by atoms with Crippen LogP contribution in [0, 0.1) is 11.6 Å². The van der Waals surface area contributed by atoms with E-state index in [9.17, 15) is 8.78 Å². The van der Waals surface area contributed by atoms with Gasteiger partial charge in [0.05, 0.1) is 6.04 Å². The number of benzene rings is 2. The van der Waals surface area contributed by atoms with Gasteiger partial charge in [-0.1, -0.05) is 0 Å². The monoisotopic (exact) mass is 391 g/mol. The molecule has 5 nitrogen and oxygen atoms in total. The largest absolute Gasteiger partial charge is 0.399 e. The lowest BCUT2D eigenvalue weighted by Crippen LogP contribution is -2.24. The second-order valence-corrected chi connectivity index (χ2v) is 7.24. The summed E-state index contributed by atoms with van der Waals surface area (Å²) in [7, 11) is 0. The molecule has 7 heteroatoms. The molecule has 29 heavy (non-hydrogen) atoms. The fourth-order valence-electron chi connectivity index (χ4n) is 4.00. The minimum atomic E-state index is -0.432. The second kappa shape index (κ2) is 6.84. The van der Waals surface area contributed by atoms with Crippen LogP contribution in [0.2, 0.25) is 0 Å². The van der Waals surface area contributed by atoms with Gasteiger partial charge < -0.3 is 10.6 Å². The predicted molar refractivity (Wildman–Crippen MR) is 109 cm³/mol. The molecule has 1 aliphatic heterocycles. The highest BCUT2D eigenvalue weighted by Gasteiger charge is 2.30. The van der Waals surface area contributed by atoms with Crippen molar-refractivity contribution in [2.24, 2.45) is 0 Å². The molecule has 1 atom stereocenters. The molecule has 1 aliphatic rings. The van der Waals surface area contributed by atoms with E-state index >= 15 is 0 Å². The van der Waals surface area contributed by atoms with E-state index in [1.54, 1.807) is 6.33 Å². The van der Waals surface area contributed by atoms with Crippen molar-refractivity contribution in [2.45, 2.75) is 18.9 Å². The van der Waals surface area contributed by atoms with Gasteiger partial charge in [0.2, 0.25) is 0 Å². The van der Waals surface area contributed by atoms with Crippen LogP contribution in [-0.2, 0) is 0 Å². The normalized spacial score (nSPS) is 16.6. The van der Waals surface area contributed by atoms with Crippen LogP contribution in [0.15, 0.2) is 60.9 Å². The first-order valence-electron chi connectivity index (χ1n) is 9.52. The summed E-state index contributed by atoms with van der Waals surface area (Å²) in [5, 5.41) is 0. The molecule has 1 fully saturated rings. The number of halogens is 2.